The number of fused-ring (bicyclic) bond motifs is 1. The molecule has 2 aromatic carbocycles. The van der Waals surface area contributed by atoms with E-state index in [9.17, 15) is 4.39 Å². The number of aromatic nitrogens is 4. The van der Waals surface area contributed by atoms with E-state index in [0.29, 0.717) is 10.9 Å². The number of para-hydroxylation sites is 1. The number of likely N-dealkylation sites (tertiary alicyclic amines) is 1. The Bertz CT molecular complexity index is 1220. The second kappa shape index (κ2) is 9.57. The zero-order chi connectivity index (χ0) is 21.9. The van der Waals surface area contributed by atoms with Crippen molar-refractivity contribution in [3.05, 3.63) is 77.0 Å². The fourth-order valence-corrected chi connectivity index (χ4v) is 5.28. The van der Waals surface area contributed by atoms with E-state index in [1.54, 1.807) is 23.9 Å². The average Bonchev–Trinajstić information content (AvgIpc) is 3.21. The van der Waals surface area contributed by atoms with Crippen LogP contribution in [0.25, 0.3) is 16.6 Å². The second-order valence-electron chi connectivity index (χ2n) is 7.97. The lowest BCUT2D eigenvalue weighted by Gasteiger charge is -2.26. The molecule has 4 aromatic rings. The number of pyridine rings is 1. The highest BCUT2D eigenvalue weighted by Crippen LogP contribution is 2.30. The predicted octanol–water partition coefficient (Wildman–Crippen LogP) is 5.89. The minimum Gasteiger partial charge on any atom is -0.296 e. The Labute approximate surface area is 195 Å². The molecule has 0 amide bonds. The van der Waals surface area contributed by atoms with Crippen molar-refractivity contribution in [2.45, 2.75) is 36.7 Å². The normalized spacial score (nSPS) is 14.8. The van der Waals surface area contributed by atoms with E-state index in [2.05, 4.69) is 26.1 Å². The molecule has 0 aliphatic carbocycles. The number of rotatable bonds is 6. The standard InChI is InChI=1S/C24H23ClFN5S/c25-23-18(14-17-6-2-3-7-21(17)27-23)16-32-24-29-28-22(15-30-12-4-1-5-13-30)31(24)20-10-8-19(26)9-11-20/h2-3,6-11,14H,1,4-5,12-13,15-16H2. The minimum atomic E-state index is -0.261. The molecule has 0 N–H and O–H groups in total. The first kappa shape index (κ1) is 21.4. The van der Waals surface area contributed by atoms with E-state index in [-0.39, 0.29) is 5.82 Å². The molecular formula is C24H23ClFN5S. The van der Waals surface area contributed by atoms with Crippen LogP contribution < -0.4 is 0 Å². The maximum Gasteiger partial charge on any atom is 0.196 e. The highest BCUT2D eigenvalue weighted by atomic mass is 35.5. The molecule has 164 valence electrons. The highest BCUT2D eigenvalue weighted by molar-refractivity contribution is 7.98. The summed E-state index contributed by atoms with van der Waals surface area (Å²) in [6.07, 6.45) is 3.70. The SMILES string of the molecule is Fc1ccc(-n2c(CN3CCCCC3)nnc2SCc2cc3ccccc3nc2Cl)cc1. The highest BCUT2D eigenvalue weighted by Gasteiger charge is 2.19. The van der Waals surface area contributed by atoms with Crippen molar-refractivity contribution < 1.29 is 4.39 Å². The van der Waals surface area contributed by atoms with E-state index in [4.69, 9.17) is 11.6 Å². The van der Waals surface area contributed by atoms with Crippen LogP contribution in [0.2, 0.25) is 5.15 Å². The number of benzene rings is 2. The Kier molecular flexibility index (Phi) is 6.39. The molecule has 1 saturated heterocycles. The Morgan fingerprint density at radius 2 is 1.75 bits per heavy atom. The Hall–Kier alpha value is -2.48. The molecule has 0 atom stereocenters. The van der Waals surface area contributed by atoms with Gasteiger partial charge in [-0.3, -0.25) is 9.47 Å². The van der Waals surface area contributed by atoms with Crippen molar-refractivity contribution in [3.8, 4) is 5.69 Å². The van der Waals surface area contributed by atoms with Gasteiger partial charge in [0.05, 0.1) is 12.1 Å². The summed E-state index contributed by atoms with van der Waals surface area (Å²) in [5, 5.41) is 11.3. The molecule has 1 aliphatic rings. The van der Waals surface area contributed by atoms with Crippen molar-refractivity contribution in [2.75, 3.05) is 13.1 Å². The van der Waals surface area contributed by atoms with Gasteiger partial charge in [-0.15, -0.1) is 10.2 Å². The fraction of sp³-hybridized carbons (Fsp3) is 0.292. The van der Waals surface area contributed by atoms with E-state index in [1.807, 2.05) is 28.8 Å². The molecule has 0 unspecified atom stereocenters. The summed E-state index contributed by atoms with van der Waals surface area (Å²) < 4.78 is 15.6. The summed E-state index contributed by atoms with van der Waals surface area (Å²) in [7, 11) is 0. The number of thioether (sulfide) groups is 1. The van der Waals surface area contributed by atoms with Gasteiger partial charge in [-0.25, -0.2) is 9.37 Å². The molecule has 5 nitrogen and oxygen atoms in total. The van der Waals surface area contributed by atoms with Gasteiger partial charge in [-0.05, 0) is 62.3 Å². The summed E-state index contributed by atoms with van der Waals surface area (Å²) >= 11 is 8.02. The van der Waals surface area contributed by atoms with Gasteiger partial charge in [-0.2, -0.15) is 0 Å². The predicted molar refractivity (Wildman–Crippen MR) is 127 cm³/mol. The molecule has 0 bridgehead atoms. The quantitative estimate of drug-likeness (QED) is 0.261. The van der Waals surface area contributed by atoms with Crippen molar-refractivity contribution in [1.29, 1.82) is 0 Å². The molecule has 0 radical (unpaired) electrons. The van der Waals surface area contributed by atoms with Gasteiger partial charge in [0.1, 0.15) is 11.0 Å². The largest absolute Gasteiger partial charge is 0.296 e. The molecule has 3 heterocycles. The Morgan fingerprint density at radius 1 is 0.969 bits per heavy atom. The Balaban J connectivity index is 1.44. The maximum absolute atomic E-state index is 13.6. The second-order valence-corrected chi connectivity index (χ2v) is 9.27. The van der Waals surface area contributed by atoms with E-state index < -0.39 is 0 Å². The summed E-state index contributed by atoms with van der Waals surface area (Å²) in [4.78, 5) is 6.93. The van der Waals surface area contributed by atoms with Gasteiger partial charge in [-0.1, -0.05) is 48.0 Å². The van der Waals surface area contributed by atoms with Crippen LogP contribution in [0, 0.1) is 5.82 Å². The van der Waals surface area contributed by atoms with Crippen LogP contribution in [0.4, 0.5) is 4.39 Å². The molecule has 0 spiro atoms. The zero-order valence-electron chi connectivity index (χ0n) is 17.5. The molecule has 2 aromatic heterocycles. The van der Waals surface area contributed by atoms with Gasteiger partial charge in [0.15, 0.2) is 11.0 Å². The van der Waals surface area contributed by atoms with Crippen molar-refractivity contribution >= 4 is 34.3 Å². The topological polar surface area (TPSA) is 46.8 Å². The number of nitrogens with zero attached hydrogens (tertiary/aromatic N) is 5. The first-order chi connectivity index (χ1) is 15.7. The maximum atomic E-state index is 13.6. The van der Waals surface area contributed by atoms with E-state index in [1.165, 1.54) is 31.4 Å². The van der Waals surface area contributed by atoms with Crippen LogP contribution in [0.3, 0.4) is 0 Å². The molecule has 5 rings (SSSR count). The van der Waals surface area contributed by atoms with Crippen molar-refractivity contribution in [2.24, 2.45) is 0 Å². The molecule has 1 fully saturated rings. The number of hydrogen-bond acceptors (Lipinski definition) is 5. The van der Waals surface area contributed by atoms with E-state index in [0.717, 1.165) is 52.8 Å². The Morgan fingerprint density at radius 3 is 2.56 bits per heavy atom. The molecule has 32 heavy (non-hydrogen) atoms. The van der Waals surface area contributed by atoms with Crippen LogP contribution >= 0.6 is 23.4 Å². The van der Waals surface area contributed by atoms with Crippen LogP contribution in [0.5, 0.6) is 0 Å². The first-order valence-electron chi connectivity index (χ1n) is 10.8. The average molecular weight is 468 g/mol. The molecule has 1 aliphatic heterocycles. The fourth-order valence-electron chi connectivity index (χ4n) is 4.04. The summed E-state index contributed by atoms with van der Waals surface area (Å²) in [6, 6.07) is 16.5. The monoisotopic (exact) mass is 467 g/mol. The van der Waals surface area contributed by atoms with Gasteiger partial charge in [0.2, 0.25) is 0 Å². The number of hydrogen-bond donors (Lipinski definition) is 0. The molecular weight excluding hydrogens is 445 g/mol. The first-order valence-corrected chi connectivity index (χ1v) is 12.1. The third-order valence-corrected chi connectivity index (χ3v) is 7.01. The van der Waals surface area contributed by atoms with Crippen molar-refractivity contribution in [3.63, 3.8) is 0 Å². The lowest BCUT2D eigenvalue weighted by Crippen LogP contribution is -2.30. The van der Waals surface area contributed by atoms with Gasteiger partial charge >= 0.3 is 0 Å². The van der Waals surface area contributed by atoms with Crippen LogP contribution in [0.1, 0.15) is 30.7 Å². The van der Waals surface area contributed by atoms with Crippen molar-refractivity contribution in [1.82, 2.24) is 24.6 Å². The molecule has 0 saturated carbocycles. The van der Waals surface area contributed by atoms with Gasteiger partial charge in [0, 0.05) is 22.4 Å². The minimum absolute atomic E-state index is 0.261. The zero-order valence-corrected chi connectivity index (χ0v) is 19.1. The third kappa shape index (κ3) is 4.65. The number of piperidine rings is 1. The summed E-state index contributed by atoms with van der Waals surface area (Å²) in [5.74, 6) is 1.21. The lowest BCUT2D eigenvalue weighted by molar-refractivity contribution is 0.214. The summed E-state index contributed by atoms with van der Waals surface area (Å²) in [6.45, 7) is 2.86. The molecule has 8 heteroatoms. The van der Waals surface area contributed by atoms with Crippen LogP contribution in [-0.2, 0) is 12.3 Å². The summed E-state index contributed by atoms with van der Waals surface area (Å²) in [5.41, 5.74) is 2.68. The smallest absolute Gasteiger partial charge is 0.196 e. The van der Waals surface area contributed by atoms with Crippen LogP contribution in [-0.4, -0.2) is 37.7 Å². The van der Waals surface area contributed by atoms with Gasteiger partial charge < -0.3 is 0 Å². The van der Waals surface area contributed by atoms with E-state index >= 15 is 0 Å². The van der Waals surface area contributed by atoms with Gasteiger partial charge in [0.25, 0.3) is 0 Å². The van der Waals surface area contributed by atoms with Crippen LogP contribution in [0.15, 0.2) is 59.8 Å². The number of halogens is 2. The third-order valence-electron chi connectivity index (χ3n) is 5.71. The lowest BCUT2D eigenvalue weighted by atomic mass is 10.1.